The van der Waals surface area contributed by atoms with Crippen molar-refractivity contribution in [1.29, 1.82) is 0 Å². The van der Waals surface area contributed by atoms with Gasteiger partial charge in [-0.15, -0.1) is 0 Å². The van der Waals surface area contributed by atoms with Crippen molar-refractivity contribution >= 4 is 17.6 Å². The molecular weight excluding hydrogens is 237 g/mol. The summed E-state index contributed by atoms with van der Waals surface area (Å²) in [6.45, 7) is -0.641. The molecular formula is C7H6ClF3N2O2. The molecule has 84 valence electrons. The zero-order chi connectivity index (χ0) is 11.6. The van der Waals surface area contributed by atoms with Crippen molar-refractivity contribution in [3.05, 3.63) is 16.9 Å². The topological polar surface area (TPSA) is 55.1 Å². The molecule has 8 heteroatoms. The predicted molar refractivity (Wildman–Crippen MR) is 44.6 cm³/mol. The minimum absolute atomic E-state index is 0.157. The summed E-state index contributed by atoms with van der Waals surface area (Å²) in [6.07, 6.45) is -5.67. The van der Waals surface area contributed by atoms with E-state index >= 15 is 0 Å². The molecule has 1 aromatic rings. The highest BCUT2D eigenvalue weighted by Crippen LogP contribution is 2.22. The lowest BCUT2D eigenvalue weighted by Crippen LogP contribution is -2.18. The molecule has 1 heterocycles. The molecule has 0 aliphatic carbocycles. The highest BCUT2D eigenvalue weighted by molar-refractivity contribution is 6.29. The van der Waals surface area contributed by atoms with Gasteiger partial charge < -0.3 is 5.11 Å². The van der Waals surface area contributed by atoms with Crippen molar-refractivity contribution in [2.75, 3.05) is 0 Å². The lowest BCUT2D eigenvalue weighted by Gasteiger charge is -2.07. The average Bonchev–Trinajstić information content (AvgIpc) is 2.25. The number of rotatable bonds is 3. The molecule has 1 N–H and O–H groups in total. The number of hydrogen-bond acceptors (Lipinski definition) is 2. The van der Waals surface area contributed by atoms with E-state index in [1.54, 1.807) is 0 Å². The van der Waals surface area contributed by atoms with E-state index in [2.05, 4.69) is 5.10 Å². The van der Waals surface area contributed by atoms with Gasteiger partial charge in [0.2, 0.25) is 0 Å². The number of carboxylic acid groups (broad SMARTS) is 1. The van der Waals surface area contributed by atoms with Crippen molar-refractivity contribution in [2.24, 2.45) is 0 Å². The maximum absolute atomic E-state index is 12.0. The summed E-state index contributed by atoms with van der Waals surface area (Å²) in [5.41, 5.74) is -0.269. The van der Waals surface area contributed by atoms with Crippen LogP contribution in [0.3, 0.4) is 0 Å². The molecule has 15 heavy (non-hydrogen) atoms. The van der Waals surface area contributed by atoms with Crippen LogP contribution in [0, 0.1) is 0 Å². The van der Waals surface area contributed by atoms with Crippen molar-refractivity contribution in [1.82, 2.24) is 9.78 Å². The van der Waals surface area contributed by atoms with Gasteiger partial charge in [0.15, 0.2) is 5.15 Å². The Bertz CT molecular complexity index is 375. The summed E-state index contributed by atoms with van der Waals surface area (Å²) in [5.74, 6) is -1.28. The third-order valence-corrected chi connectivity index (χ3v) is 1.68. The molecule has 0 unspecified atom stereocenters. The minimum atomic E-state index is -4.42. The highest BCUT2D eigenvalue weighted by Gasteiger charge is 2.30. The second kappa shape index (κ2) is 4.09. The van der Waals surface area contributed by atoms with Crippen LogP contribution in [0.15, 0.2) is 6.07 Å². The zero-order valence-corrected chi connectivity index (χ0v) is 8.01. The van der Waals surface area contributed by atoms with Gasteiger partial charge in [0.25, 0.3) is 0 Å². The van der Waals surface area contributed by atoms with E-state index in [0.717, 1.165) is 10.7 Å². The Kier molecular flexibility index (Phi) is 3.23. The smallest absolute Gasteiger partial charge is 0.394 e. The molecule has 0 fully saturated rings. The number of alkyl halides is 3. The lowest BCUT2D eigenvalue weighted by molar-refractivity contribution is -0.139. The molecule has 4 nitrogen and oxygen atoms in total. The summed E-state index contributed by atoms with van der Waals surface area (Å²) in [6, 6.07) is 0.998. The van der Waals surface area contributed by atoms with Crippen molar-refractivity contribution in [3.8, 4) is 0 Å². The van der Waals surface area contributed by atoms with Crippen LogP contribution in [0.25, 0.3) is 0 Å². The Morgan fingerprint density at radius 1 is 1.60 bits per heavy atom. The van der Waals surface area contributed by atoms with Gasteiger partial charge in [0.1, 0.15) is 6.54 Å². The van der Waals surface area contributed by atoms with Crippen LogP contribution in [0.2, 0.25) is 5.15 Å². The Morgan fingerprint density at radius 3 is 2.67 bits per heavy atom. The fraction of sp³-hybridized carbons (Fsp3) is 0.429. The SMILES string of the molecule is O=C(O)Cn1nc(Cl)cc1CC(F)(F)F. The third-order valence-electron chi connectivity index (χ3n) is 1.50. The fourth-order valence-electron chi connectivity index (χ4n) is 1.03. The van der Waals surface area contributed by atoms with Gasteiger partial charge in [-0.25, -0.2) is 0 Å². The molecule has 0 radical (unpaired) electrons. The molecule has 0 atom stereocenters. The van der Waals surface area contributed by atoms with E-state index < -0.39 is 25.1 Å². The largest absolute Gasteiger partial charge is 0.480 e. The van der Waals surface area contributed by atoms with Gasteiger partial charge >= 0.3 is 12.1 Å². The van der Waals surface area contributed by atoms with Crippen LogP contribution >= 0.6 is 11.6 Å². The van der Waals surface area contributed by atoms with Crippen LogP contribution < -0.4 is 0 Å². The number of hydrogen-bond donors (Lipinski definition) is 1. The van der Waals surface area contributed by atoms with Crippen molar-refractivity contribution < 1.29 is 23.1 Å². The van der Waals surface area contributed by atoms with Crippen molar-refractivity contribution in [2.45, 2.75) is 19.1 Å². The monoisotopic (exact) mass is 242 g/mol. The van der Waals surface area contributed by atoms with Gasteiger partial charge in [-0.1, -0.05) is 11.6 Å². The van der Waals surface area contributed by atoms with Gasteiger partial charge in [0.05, 0.1) is 6.42 Å². The maximum atomic E-state index is 12.0. The van der Waals surface area contributed by atoms with Gasteiger partial charge in [-0.05, 0) is 6.07 Å². The summed E-state index contributed by atoms with van der Waals surface area (Å²) >= 11 is 5.39. The Hall–Kier alpha value is -1.24. The standard InChI is InChI=1S/C7H6ClF3N2O2/c8-5-1-4(2-7(9,10)11)13(12-5)3-6(14)15/h1H,2-3H2,(H,14,15). The van der Waals surface area contributed by atoms with E-state index in [1.165, 1.54) is 0 Å². The molecule has 0 aromatic carbocycles. The molecule has 0 saturated carbocycles. The third kappa shape index (κ3) is 3.78. The summed E-state index contributed by atoms with van der Waals surface area (Å²) in [5, 5.41) is 11.7. The second-order valence-corrected chi connectivity index (χ2v) is 3.19. The summed E-state index contributed by atoms with van der Waals surface area (Å²) < 4.78 is 36.8. The molecule has 0 aliphatic heterocycles. The Balaban J connectivity index is 2.91. The first-order chi connectivity index (χ1) is 6.78. The van der Waals surface area contributed by atoms with Crippen LogP contribution in [-0.4, -0.2) is 27.0 Å². The van der Waals surface area contributed by atoms with Crippen LogP contribution in [0.5, 0.6) is 0 Å². The number of carboxylic acids is 1. The predicted octanol–water partition coefficient (Wildman–Crippen LogP) is 1.73. The van der Waals surface area contributed by atoms with Crippen LogP contribution in [0.1, 0.15) is 5.69 Å². The number of carbonyl (C=O) groups is 1. The second-order valence-electron chi connectivity index (χ2n) is 2.80. The molecule has 0 amide bonds. The zero-order valence-electron chi connectivity index (χ0n) is 7.25. The number of aromatic nitrogens is 2. The van der Waals surface area contributed by atoms with E-state index in [4.69, 9.17) is 16.7 Å². The van der Waals surface area contributed by atoms with E-state index in [-0.39, 0.29) is 10.8 Å². The van der Waals surface area contributed by atoms with Crippen LogP contribution in [0.4, 0.5) is 13.2 Å². The summed E-state index contributed by atoms with van der Waals surface area (Å²) in [7, 11) is 0. The molecule has 0 bridgehead atoms. The molecule has 1 rings (SSSR count). The quantitative estimate of drug-likeness (QED) is 0.878. The number of halogens is 4. The Morgan fingerprint density at radius 2 is 2.20 bits per heavy atom. The van der Waals surface area contributed by atoms with E-state index in [0.29, 0.717) is 0 Å². The fourth-order valence-corrected chi connectivity index (χ4v) is 1.25. The van der Waals surface area contributed by atoms with Gasteiger partial charge in [-0.2, -0.15) is 18.3 Å². The number of aliphatic carboxylic acids is 1. The Labute approximate surface area is 87.3 Å². The summed E-state index contributed by atoms with van der Waals surface area (Å²) in [4.78, 5) is 10.3. The molecule has 0 saturated heterocycles. The van der Waals surface area contributed by atoms with E-state index in [1.807, 2.05) is 0 Å². The molecule has 0 aliphatic rings. The van der Waals surface area contributed by atoms with E-state index in [9.17, 15) is 18.0 Å². The lowest BCUT2D eigenvalue weighted by atomic mass is 10.3. The first-order valence-corrected chi connectivity index (χ1v) is 4.16. The molecule has 1 aromatic heterocycles. The minimum Gasteiger partial charge on any atom is -0.480 e. The first-order valence-electron chi connectivity index (χ1n) is 3.79. The normalized spacial score (nSPS) is 11.7. The van der Waals surface area contributed by atoms with Gasteiger partial charge in [-0.3, -0.25) is 9.48 Å². The highest BCUT2D eigenvalue weighted by atomic mass is 35.5. The maximum Gasteiger partial charge on any atom is 0.394 e. The van der Waals surface area contributed by atoms with Crippen molar-refractivity contribution in [3.63, 3.8) is 0 Å². The molecule has 0 spiro atoms. The van der Waals surface area contributed by atoms with Crippen LogP contribution in [-0.2, 0) is 17.8 Å². The average molecular weight is 243 g/mol. The number of nitrogens with zero attached hydrogens (tertiary/aromatic N) is 2. The van der Waals surface area contributed by atoms with Gasteiger partial charge in [0, 0.05) is 5.69 Å². The first kappa shape index (κ1) is 11.8.